The number of hydrogen-bond acceptors (Lipinski definition) is 3. The molecule has 0 atom stereocenters. The van der Waals surface area contributed by atoms with Crippen molar-refractivity contribution in [3.63, 3.8) is 0 Å². The second kappa shape index (κ2) is 6.46. The zero-order valence-corrected chi connectivity index (χ0v) is 5.02. The predicted octanol–water partition coefficient (Wildman–Crippen LogP) is 0.297. The van der Waals surface area contributed by atoms with Crippen LogP contribution in [0.25, 0.3) is 0 Å². The molecular weight excluding hydrogens is 106 g/mol. The first-order valence-electron chi connectivity index (χ1n) is 2.43. The van der Waals surface area contributed by atoms with Crippen LogP contribution in [0.5, 0.6) is 0 Å². The highest BCUT2D eigenvalue weighted by atomic mass is 16.7. The Balaban J connectivity index is 2.62. The SMILES string of the molecule is C=COCCONC. The van der Waals surface area contributed by atoms with Crippen molar-refractivity contribution in [3.05, 3.63) is 12.8 Å². The van der Waals surface area contributed by atoms with E-state index >= 15 is 0 Å². The molecule has 0 fully saturated rings. The van der Waals surface area contributed by atoms with Crippen LogP contribution in [0.15, 0.2) is 12.8 Å². The molecule has 0 aliphatic carbocycles. The largest absolute Gasteiger partial charge is 0.499 e. The van der Waals surface area contributed by atoms with Gasteiger partial charge in [0.2, 0.25) is 0 Å². The second-order valence-electron chi connectivity index (χ2n) is 1.09. The zero-order valence-electron chi connectivity index (χ0n) is 5.02. The normalized spacial score (nSPS) is 8.62. The molecule has 0 radical (unpaired) electrons. The Morgan fingerprint density at radius 1 is 1.62 bits per heavy atom. The fraction of sp³-hybridized carbons (Fsp3) is 0.600. The Kier molecular flexibility index (Phi) is 6.02. The molecule has 0 aliphatic heterocycles. The van der Waals surface area contributed by atoms with Gasteiger partial charge in [-0.05, 0) is 0 Å². The Bertz CT molecular complexity index is 56.4. The summed E-state index contributed by atoms with van der Waals surface area (Å²) in [5.41, 5.74) is 2.51. The van der Waals surface area contributed by atoms with Gasteiger partial charge in [0.15, 0.2) is 0 Å². The molecule has 3 heteroatoms. The number of ether oxygens (including phenoxy) is 1. The van der Waals surface area contributed by atoms with Crippen molar-refractivity contribution in [1.29, 1.82) is 0 Å². The van der Waals surface area contributed by atoms with E-state index in [1.807, 2.05) is 0 Å². The van der Waals surface area contributed by atoms with Gasteiger partial charge in [-0.2, -0.15) is 0 Å². The van der Waals surface area contributed by atoms with Gasteiger partial charge in [0.1, 0.15) is 13.2 Å². The van der Waals surface area contributed by atoms with Gasteiger partial charge >= 0.3 is 0 Å². The monoisotopic (exact) mass is 117 g/mol. The zero-order chi connectivity index (χ0) is 6.24. The van der Waals surface area contributed by atoms with E-state index in [9.17, 15) is 0 Å². The Morgan fingerprint density at radius 2 is 2.38 bits per heavy atom. The Labute approximate surface area is 49.2 Å². The molecule has 0 heterocycles. The van der Waals surface area contributed by atoms with Crippen LogP contribution < -0.4 is 5.48 Å². The smallest absolute Gasteiger partial charge is 0.113 e. The summed E-state index contributed by atoms with van der Waals surface area (Å²) in [6.07, 6.45) is 1.39. The van der Waals surface area contributed by atoms with Crippen molar-refractivity contribution in [3.8, 4) is 0 Å². The highest BCUT2D eigenvalue weighted by molar-refractivity contribution is 4.47. The number of nitrogens with one attached hydrogen (secondary N) is 1. The summed E-state index contributed by atoms with van der Waals surface area (Å²) >= 11 is 0. The molecule has 0 saturated carbocycles. The molecule has 0 aromatic heterocycles. The average molecular weight is 117 g/mol. The summed E-state index contributed by atoms with van der Waals surface area (Å²) in [5, 5.41) is 0. The lowest BCUT2D eigenvalue weighted by Gasteiger charge is -1.98. The van der Waals surface area contributed by atoms with E-state index in [0.29, 0.717) is 13.2 Å². The lowest BCUT2D eigenvalue weighted by Crippen LogP contribution is -2.11. The topological polar surface area (TPSA) is 30.5 Å². The van der Waals surface area contributed by atoms with Gasteiger partial charge in [-0.15, -0.1) is 0 Å². The summed E-state index contributed by atoms with van der Waals surface area (Å²) in [5.74, 6) is 0. The Morgan fingerprint density at radius 3 is 2.88 bits per heavy atom. The lowest BCUT2D eigenvalue weighted by atomic mass is 10.8. The molecule has 0 aliphatic rings. The molecule has 0 saturated heterocycles. The maximum Gasteiger partial charge on any atom is 0.113 e. The number of hydroxylamine groups is 1. The standard InChI is InChI=1S/C5H11NO2/c1-3-7-4-5-8-6-2/h3,6H,1,4-5H2,2H3. The van der Waals surface area contributed by atoms with Crippen LogP contribution in [-0.2, 0) is 9.57 Å². The summed E-state index contributed by atoms with van der Waals surface area (Å²) in [7, 11) is 1.70. The van der Waals surface area contributed by atoms with Crippen LogP contribution >= 0.6 is 0 Å². The predicted molar refractivity (Wildman–Crippen MR) is 31.2 cm³/mol. The Hall–Kier alpha value is -0.540. The van der Waals surface area contributed by atoms with Crippen molar-refractivity contribution in [1.82, 2.24) is 5.48 Å². The molecule has 0 aromatic carbocycles. The first-order chi connectivity index (χ1) is 3.91. The van der Waals surface area contributed by atoms with Gasteiger partial charge in [-0.1, -0.05) is 6.58 Å². The molecule has 0 aromatic rings. The first kappa shape index (κ1) is 7.46. The molecule has 3 nitrogen and oxygen atoms in total. The van der Waals surface area contributed by atoms with E-state index in [2.05, 4.69) is 12.1 Å². The van der Waals surface area contributed by atoms with Gasteiger partial charge in [-0.3, -0.25) is 4.84 Å². The van der Waals surface area contributed by atoms with E-state index in [1.165, 1.54) is 6.26 Å². The average Bonchev–Trinajstić information content (AvgIpc) is 1.81. The van der Waals surface area contributed by atoms with Gasteiger partial charge in [0, 0.05) is 7.05 Å². The van der Waals surface area contributed by atoms with E-state index in [1.54, 1.807) is 7.05 Å². The summed E-state index contributed by atoms with van der Waals surface area (Å²) in [6.45, 7) is 4.45. The highest BCUT2D eigenvalue weighted by Crippen LogP contribution is 1.72. The third-order valence-electron chi connectivity index (χ3n) is 0.565. The maximum absolute atomic E-state index is 4.73. The summed E-state index contributed by atoms with van der Waals surface area (Å²) in [6, 6.07) is 0. The van der Waals surface area contributed by atoms with Gasteiger partial charge < -0.3 is 4.74 Å². The van der Waals surface area contributed by atoms with Gasteiger partial charge in [0.05, 0.1) is 6.26 Å². The van der Waals surface area contributed by atoms with Gasteiger partial charge in [-0.25, -0.2) is 5.48 Å². The number of hydrogen-bond donors (Lipinski definition) is 1. The molecule has 0 unspecified atom stereocenters. The third kappa shape index (κ3) is 5.46. The lowest BCUT2D eigenvalue weighted by molar-refractivity contribution is 0.0276. The van der Waals surface area contributed by atoms with Crippen molar-refractivity contribution in [2.75, 3.05) is 20.3 Å². The van der Waals surface area contributed by atoms with E-state index < -0.39 is 0 Å². The summed E-state index contributed by atoms with van der Waals surface area (Å²) in [4.78, 5) is 4.71. The van der Waals surface area contributed by atoms with E-state index in [0.717, 1.165) is 0 Å². The molecule has 1 N–H and O–H groups in total. The fourth-order valence-electron chi connectivity index (χ4n) is 0.275. The van der Waals surface area contributed by atoms with Crippen LogP contribution in [-0.4, -0.2) is 20.3 Å². The molecule has 0 bridgehead atoms. The number of rotatable bonds is 5. The molecule has 48 valence electrons. The van der Waals surface area contributed by atoms with Gasteiger partial charge in [0.25, 0.3) is 0 Å². The molecular formula is C5H11NO2. The minimum absolute atomic E-state index is 0.544. The van der Waals surface area contributed by atoms with Crippen molar-refractivity contribution >= 4 is 0 Å². The maximum atomic E-state index is 4.73. The van der Waals surface area contributed by atoms with Crippen LogP contribution in [0.4, 0.5) is 0 Å². The third-order valence-corrected chi connectivity index (χ3v) is 0.565. The molecule has 0 rings (SSSR count). The van der Waals surface area contributed by atoms with E-state index in [4.69, 9.17) is 9.57 Å². The second-order valence-corrected chi connectivity index (χ2v) is 1.09. The van der Waals surface area contributed by atoms with Crippen LogP contribution in [0.1, 0.15) is 0 Å². The van der Waals surface area contributed by atoms with Crippen molar-refractivity contribution in [2.24, 2.45) is 0 Å². The van der Waals surface area contributed by atoms with Crippen LogP contribution in [0.2, 0.25) is 0 Å². The van der Waals surface area contributed by atoms with E-state index in [-0.39, 0.29) is 0 Å². The fourth-order valence-corrected chi connectivity index (χ4v) is 0.275. The van der Waals surface area contributed by atoms with Crippen molar-refractivity contribution < 1.29 is 9.57 Å². The van der Waals surface area contributed by atoms with Crippen LogP contribution in [0.3, 0.4) is 0 Å². The quantitative estimate of drug-likeness (QED) is 0.319. The van der Waals surface area contributed by atoms with Crippen molar-refractivity contribution in [2.45, 2.75) is 0 Å². The highest BCUT2D eigenvalue weighted by Gasteiger charge is 1.79. The van der Waals surface area contributed by atoms with Crippen LogP contribution in [0, 0.1) is 0 Å². The molecule has 8 heavy (non-hydrogen) atoms. The minimum Gasteiger partial charge on any atom is -0.499 e. The minimum atomic E-state index is 0.544. The summed E-state index contributed by atoms with van der Waals surface area (Å²) < 4.78 is 4.73. The molecule has 0 amide bonds. The first-order valence-corrected chi connectivity index (χ1v) is 2.43. The molecule has 0 spiro atoms.